The summed E-state index contributed by atoms with van der Waals surface area (Å²) in [7, 11) is 0. The summed E-state index contributed by atoms with van der Waals surface area (Å²) in [5, 5.41) is 0. The largest absolute Gasteiger partial charge is 0.462 e. The van der Waals surface area contributed by atoms with Crippen LogP contribution >= 0.6 is 0 Å². The third-order valence-electron chi connectivity index (χ3n) is 12.4. The van der Waals surface area contributed by atoms with Gasteiger partial charge in [0.25, 0.3) is 0 Å². The molecule has 0 N–H and O–H groups in total. The third-order valence-corrected chi connectivity index (χ3v) is 12.4. The van der Waals surface area contributed by atoms with Crippen molar-refractivity contribution in [3.63, 3.8) is 0 Å². The lowest BCUT2D eigenvalue weighted by atomic mass is 10.1. The predicted molar refractivity (Wildman–Crippen MR) is 316 cm³/mol. The van der Waals surface area contributed by atoms with E-state index in [1.165, 1.54) is 103 Å². The molecule has 0 unspecified atom stereocenters. The van der Waals surface area contributed by atoms with Gasteiger partial charge in [-0.3, -0.25) is 14.4 Å². The van der Waals surface area contributed by atoms with Crippen LogP contribution in [0.25, 0.3) is 0 Å². The molecule has 0 bridgehead atoms. The molecular weight excluding hydrogens is 901 g/mol. The molecule has 0 heterocycles. The molecule has 414 valence electrons. The molecule has 0 fully saturated rings. The fourth-order valence-electron chi connectivity index (χ4n) is 7.86. The summed E-state index contributed by atoms with van der Waals surface area (Å²) in [5.41, 5.74) is 0. The van der Waals surface area contributed by atoms with Crippen molar-refractivity contribution in [3.8, 4) is 0 Å². The number of rotatable bonds is 53. The topological polar surface area (TPSA) is 78.9 Å². The van der Waals surface area contributed by atoms with Crippen LogP contribution in [0.3, 0.4) is 0 Å². The quantitative estimate of drug-likeness (QED) is 0.0261. The van der Waals surface area contributed by atoms with E-state index in [1.54, 1.807) is 0 Å². The number of esters is 3. The minimum Gasteiger partial charge on any atom is -0.462 e. The molecule has 0 saturated heterocycles. The fourth-order valence-corrected chi connectivity index (χ4v) is 7.86. The third kappa shape index (κ3) is 58.6. The Balaban J connectivity index is 4.54. The van der Waals surface area contributed by atoms with Crippen LogP contribution in [0.5, 0.6) is 0 Å². The smallest absolute Gasteiger partial charge is 0.306 e. The van der Waals surface area contributed by atoms with Gasteiger partial charge in [-0.1, -0.05) is 232 Å². The summed E-state index contributed by atoms with van der Waals surface area (Å²) in [6.07, 6.45) is 83.3. The van der Waals surface area contributed by atoms with Crippen LogP contribution in [0.1, 0.15) is 265 Å². The highest BCUT2D eigenvalue weighted by Gasteiger charge is 2.19. The van der Waals surface area contributed by atoms with Crippen molar-refractivity contribution >= 4 is 17.9 Å². The van der Waals surface area contributed by atoms with Gasteiger partial charge >= 0.3 is 17.9 Å². The summed E-state index contributed by atoms with van der Waals surface area (Å²) < 4.78 is 16.8. The zero-order chi connectivity index (χ0) is 52.9. The van der Waals surface area contributed by atoms with Gasteiger partial charge in [-0.05, 0) is 135 Å². The van der Waals surface area contributed by atoms with Gasteiger partial charge in [0.15, 0.2) is 6.10 Å². The van der Waals surface area contributed by atoms with Crippen molar-refractivity contribution in [1.82, 2.24) is 0 Å². The molecule has 0 rings (SSSR count). The Kier molecular flexibility index (Phi) is 56.9. The number of ether oxygens (including phenoxy) is 3. The number of carbonyl (C=O) groups is 3. The van der Waals surface area contributed by atoms with E-state index in [1.807, 2.05) is 0 Å². The van der Waals surface area contributed by atoms with Crippen LogP contribution in [0.4, 0.5) is 0 Å². The van der Waals surface area contributed by atoms with E-state index in [0.29, 0.717) is 19.3 Å². The minimum atomic E-state index is -0.818. The summed E-state index contributed by atoms with van der Waals surface area (Å²) in [6, 6.07) is 0. The van der Waals surface area contributed by atoms with Gasteiger partial charge in [0.2, 0.25) is 0 Å². The second-order valence-electron chi connectivity index (χ2n) is 19.5. The van der Waals surface area contributed by atoms with E-state index >= 15 is 0 Å². The second kappa shape index (κ2) is 60.4. The molecule has 0 aromatic rings. The van der Waals surface area contributed by atoms with Crippen molar-refractivity contribution in [1.29, 1.82) is 0 Å². The first kappa shape index (κ1) is 68.8. The van der Waals surface area contributed by atoms with Crippen LogP contribution in [0.2, 0.25) is 0 Å². The molecule has 6 heteroatoms. The summed E-state index contributed by atoms with van der Waals surface area (Å²) in [5.74, 6) is -0.992. The summed E-state index contributed by atoms with van der Waals surface area (Å²) in [6.45, 7) is 6.49. The van der Waals surface area contributed by atoms with Gasteiger partial charge < -0.3 is 14.2 Å². The van der Waals surface area contributed by atoms with Crippen molar-refractivity contribution in [2.45, 2.75) is 271 Å². The maximum Gasteiger partial charge on any atom is 0.306 e. The standard InChI is InChI=1S/C67H110O6/c1-4-7-10-13-16-19-22-25-28-31-33-36-39-42-45-48-51-54-57-60-66(69)72-63-64(62-71-65(68)59-56-53-50-47-44-41-38-35-30-27-24-21-18-15-12-9-6-3)73-67(70)61-58-55-52-49-46-43-40-37-34-32-29-26-23-20-17-14-11-8-5-2/h16-21,25-30,33-34,36-38,41,47,50,64H,4-15,22-24,31-32,35,39-40,42-46,48-49,51-63H2,1-3H3/b19-16-,20-17-,21-18-,28-25-,29-26-,30-27-,36-33-,37-34-,41-38-,50-47-/t64-/m1/s1. The van der Waals surface area contributed by atoms with Crippen LogP contribution < -0.4 is 0 Å². The van der Waals surface area contributed by atoms with E-state index in [-0.39, 0.29) is 37.5 Å². The van der Waals surface area contributed by atoms with Crippen molar-refractivity contribution < 1.29 is 28.6 Å². The normalized spacial score (nSPS) is 13.0. The molecule has 0 aliphatic rings. The van der Waals surface area contributed by atoms with Gasteiger partial charge in [-0.15, -0.1) is 0 Å². The number of hydrogen-bond acceptors (Lipinski definition) is 6. The molecule has 0 radical (unpaired) electrons. The Morgan fingerprint density at radius 2 is 0.507 bits per heavy atom. The van der Waals surface area contributed by atoms with Crippen molar-refractivity contribution in [2.75, 3.05) is 13.2 Å². The number of unbranched alkanes of at least 4 members (excludes halogenated alkanes) is 22. The Morgan fingerprint density at radius 3 is 0.822 bits per heavy atom. The number of hydrogen-bond donors (Lipinski definition) is 0. The zero-order valence-electron chi connectivity index (χ0n) is 47.4. The number of allylic oxidation sites excluding steroid dienone is 20. The Labute approximate surface area is 450 Å². The van der Waals surface area contributed by atoms with E-state index in [4.69, 9.17) is 14.2 Å². The molecular formula is C67H110O6. The molecule has 0 amide bonds. The Hall–Kier alpha value is -4.19. The van der Waals surface area contributed by atoms with Crippen LogP contribution in [-0.2, 0) is 28.6 Å². The first-order valence-electron chi connectivity index (χ1n) is 30.0. The van der Waals surface area contributed by atoms with Crippen molar-refractivity contribution in [3.05, 3.63) is 122 Å². The molecule has 1 atom stereocenters. The highest BCUT2D eigenvalue weighted by atomic mass is 16.6. The molecule has 0 aromatic carbocycles. The average Bonchev–Trinajstić information content (AvgIpc) is 3.39. The molecule has 0 aliphatic carbocycles. The second-order valence-corrected chi connectivity index (χ2v) is 19.5. The minimum absolute atomic E-state index is 0.110. The molecule has 0 saturated carbocycles. The van der Waals surface area contributed by atoms with Gasteiger partial charge in [0.05, 0.1) is 0 Å². The zero-order valence-corrected chi connectivity index (χ0v) is 47.4. The van der Waals surface area contributed by atoms with E-state index in [9.17, 15) is 14.4 Å². The van der Waals surface area contributed by atoms with Crippen LogP contribution in [0, 0.1) is 0 Å². The first-order valence-corrected chi connectivity index (χ1v) is 30.0. The SMILES string of the molecule is CCCCC/C=C\C/C=C\C/C=C\C/C=C\CCCC(=O)OC[C@H](COC(=O)CCCCCCCC/C=C\C/C=C\C/C=C\CCCCC)OC(=O)CCCCCCCC/C=C\C/C=C\C/C=C\CCCCC. The molecule has 0 aromatic heterocycles. The van der Waals surface area contributed by atoms with Crippen LogP contribution in [-0.4, -0.2) is 37.2 Å². The molecule has 0 spiro atoms. The monoisotopic (exact) mass is 1010 g/mol. The predicted octanol–water partition coefficient (Wildman–Crippen LogP) is 20.4. The summed E-state index contributed by atoms with van der Waals surface area (Å²) in [4.78, 5) is 38.2. The average molecular weight is 1010 g/mol. The lowest BCUT2D eigenvalue weighted by molar-refractivity contribution is -0.167. The maximum atomic E-state index is 12.9. The highest BCUT2D eigenvalue weighted by Crippen LogP contribution is 2.13. The van der Waals surface area contributed by atoms with E-state index in [0.717, 1.165) is 116 Å². The van der Waals surface area contributed by atoms with Gasteiger partial charge in [-0.2, -0.15) is 0 Å². The first-order chi connectivity index (χ1) is 36.0. The van der Waals surface area contributed by atoms with E-state index < -0.39 is 6.10 Å². The lowest BCUT2D eigenvalue weighted by Crippen LogP contribution is -2.30. The van der Waals surface area contributed by atoms with Crippen LogP contribution in [0.15, 0.2) is 122 Å². The number of carbonyl (C=O) groups excluding carboxylic acids is 3. The van der Waals surface area contributed by atoms with E-state index in [2.05, 4.69) is 142 Å². The lowest BCUT2D eigenvalue weighted by Gasteiger charge is -2.18. The van der Waals surface area contributed by atoms with Gasteiger partial charge in [-0.25, -0.2) is 0 Å². The van der Waals surface area contributed by atoms with Crippen molar-refractivity contribution in [2.24, 2.45) is 0 Å². The molecule has 73 heavy (non-hydrogen) atoms. The Morgan fingerprint density at radius 1 is 0.274 bits per heavy atom. The van der Waals surface area contributed by atoms with Gasteiger partial charge in [0, 0.05) is 19.3 Å². The maximum absolute atomic E-state index is 12.9. The Bertz CT molecular complexity index is 1540. The summed E-state index contributed by atoms with van der Waals surface area (Å²) >= 11 is 0. The van der Waals surface area contributed by atoms with Gasteiger partial charge in [0.1, 0.15) is 13.2 Å². The molecule has 6 nitrogen and oxygen atoms in total. The molecule has 0 aliphatic heterocycles. The highest BCUT2D eigenvalue weighted by molar-refractivity contribution is 5.71. The fraction of sp³-hybridized carbons (Fsp3) is 0.657.